The second-order valence-corrected chi connectivity index (χ2v) is 5.21. The van der Waals surface area contributed by atoms with Crippen LogP contribution in [0.25, 0.3) is 0 Å². The van der Waals surface area contributed by atoms with E-state index in [1.54, 1.807) is 7.11 Å². The Bertz CT molecular complexity index is 374. The van der Waals surface area contributed by atoms with E-state index >= 15 is 0 Å². The number of ether oxygens (including phenoxy) is 2. The predicted molar refractivity (Wildman–Crippen MR) is 75.3 cm³/mol. The van der Waals surface area contributed by atoms with E-state index < -0.39 is 6.10 Å². The topological polar surface area (TPSA) is 38.7 Å². The van der Waals surface area contributed by atoms with Crippen LogP contribution in [0, 0.1) is 0 Å². The van der Waals surface area contributed by atoms with Crippen LogP contribution in [0.2, 0.25) is 0 Å². The van der Waals surface area contributed by atoms with Gasteiger partial charge in [-0.3, -0.25) is 0 Å². The first kappa shape index (κ1) is 14.5. The summed E-state index contributed by atoms with van der Waals surface area (Å²) in [6.45, 7) is 1.76. The van der Waals surface area contributed by atoms with Crippen molar-refractivity contribution in [1.82, 2.24) is 0 Å². The molecule has 1 aliphatic rings. The summed E-state index contributed by atoms with van der Waals surface area (Å²) in [6.07, 6.45) is 4.13. The second-order valence-electron chi connectivity index (χ2n) is 5.21. The van der Waals surface area contributed by atoms with Gasteiger partial charge in [-0.1, -0.05) is 30.7 Å². The average molecular weight is 264 g/mol. The highest BCUT2D eigenvalue weighted by atomic mass is 16.5. The lowest BCUT2D eigenvalue weighted by atomic mass is 9.79. The van der Waals surface area contributed by atoms with Crippen molar-refractivity contribution >= 4 is 0 Å². The molecule has 0 radical (unpaired) electrons. The third kappa shape index (κ3) is 4.30. The fraction of sp³-hybridized carbons (Fsp3) is 0.625. The van der Waals surface area contributed by atoms with Crippen LogP contribution >= 0.6 is 0 Å². The normalized spacial score (nSPS) is 17.2. The maximum atomic E-state index is 10.2. The van der Waals surface area contributed by atoms with Gasteiger partial charge >= 0.3 is 0 Å². The summed E-state index contributed by atoms with van der Waals surface area (Å²) in [7, 11) is 1.66. The van der Waals surface area contributed by atoms with E-state index in [0.717, 1.165) is 5.56 Å². The molecule has 0 aliphatic heterocycles. The first-order chi connectivity index (χ1) is 9.31. The molecule has 106 valence electrons. The van der Waals surface area contributed by atoms with Crippen molar-refractivity contribution in [3.8, 4) is 0 Å². The Morgan fingerprint density at radius 1 is 1.26 bits per heavy atom. The van der Waals surface area contributed by atoms with Crippen LogP contribution in [0.3, 0.4) is 0 Å². The molecule has 0 aromatic heterocycles. The molecule has 0 saturated heterocycles. The quantitative estimate of drug-likeness (QED) is 0.733. The van der Waals surface area contributed by atoms with Crippen LogP contribution in [0.4, 0.5) is 0 Å². The van der Waals surface area contributed by atoms with Gasteiger partial charge in [-0.05, 0) is 29.9 Å². The van der Waals surface area contributed by atoms with Crippen molar-refractivity contribution in [2.75, 3.05) is 26.9 Å². The summed E-state index contributed by atoms with van der Waals surface area (Å²) < 4.78 is 10.3. The molecule has 0 spiro atoms. The van der Waals surface area contributed by atoms with E-state index in [9.17, 15) is 5.11 Å². The smallest absolute Gasteiger partial charge is 0.0812 e. The molecule has 1 atom stereocenters. The van der Waals surface area contributed by atoms with E-state index in [1.165, 1.54) is 24.8 Å². The predicted octanol–water partition coefficient (Wildman–Crippen LogP) is 3.04. The molecule has 1 saturated carbocycles. The maximum absolute atomic E-state index is 10.2. The number of hydrogen-bond donors (Lipinski definition) is 1. The number of aliphatic hydroxyl groups is 1. The highest BCUT2D eigenvalue weighted by Gasteiger charge is 2.20. The zero-order valence-corrected chi connectivity index (χ0v) is 11.7. The first-order valence-electron chi connectivity index (χ1n) is 7.16. The lowest BCUT2D eigenvalue weighted by Crippen LogP contribution is -2.10. The Balaban J connectivity index is 1.79. The molecule has 0 amide bonds. The minimum Gasteiger partial charge on any atom is -0.388 e. The fourth-order valence-electron chi connectivity index (χ4n) is 2.37. The molecule has 19 heavy (non-hydrogen) atoms. The van der Waals surface area contributed by atoms with E-state index in [4.69, 9.17) is 9.47 Å². The van der Waals surface area contributed by atoms with Gasteiger partial charge in [0.05, 0.1) is 19.3 Å². The van der Waals surface area contributed by atoms with Crippen molar-refractivity contribution in [1.29, 1.82) is 0 Å². The number of benzene rings is 1. The number of rotatable bonds is 8. The second kappa shape index (κ2) is 7.63. The SMILES string of the molecule is COCCOCCC(O)c1cccc(C2CCC2)c1. The Labute approximate surface area is 115 Å². The number of aliphatic hydroxyl groups excluding tert-OH is 1. The molecule has 0 heterocycles. The van der Waals surface area contributed by atoms with Crippen molar-refractivity contribution in [3.05, 3.63) is 35.4 Å². The van der Waals surface area contributed by atoms with Crippen LogP contribution in [0.15, 0.2) is 24.3 Å². The molecule has 1 aromatic rings. The Morgan fingerprint density at radius 3 is 2.79 bits per heavy atom. The zero-order chi connectivity index (χ0) is 13.5. The lowest BCUT2D eigenvalue weighted by Gasteiger charge is -2.26. The highest BCUT2D eigenvalue weighted by Crippen LogP contribution is 2.37. The summed E-state index contributed by atoms with van der Waals surface area (Å²) in [5.74, 6) is 0.713. The third-order valence-corrected chi connectivity index (χ3v) is 3.84. The third-order valence-electron chi connectivity index (χ3n) is 3.84. The Morgan fingerprint density at radius 2 is 2.11 bits per heavy atom. The molecule has 3 heteroatoms. The van der Waals surface area contributed by atoms with Crippen molar-refractivity contribution < 1.29 is 14.6 Å². The fourth-order valence-corrected chi connectivity index (χ4v) is 2.37. The van der Waals surface area contributed by atoms with Gasteiger partial charge in [0.25, 0.3) is 0 Å². The van der Waals surface area contributed by atoms with Gasteiger partial charge in [-0.15, -0.1) is 0 Å². The molecule has 1 unspecified atom stereocenters. The summed E-state index contributed by atoms with van der Waals surface area (Å²) in [5.41, 5.74) is 2.39. The van der Waals surface area contributed by atoms with Crippen LogP contribution < -0.4 is 0 Å². The van der Waals surface area contributed by atoms with Gasteiger partial charge in [-0.25, -0.2) is 0 Å². The van der Waals surface area contributed by atoms with Crippen LogP contribution in [0.1, 0.15) is 48.8 Å². The molecule has 1 aromatic carbocycles. The van der Waals surface area contributed by atoms with Crippen LogP contribution in [0.5, 0.6) is 0 Å². The summed E-state index contributed by atoms with van der Waals surface area (Å²) in [6, 6.07) is 8.39. The van der Waals surface area contributed by atoms with Crippen molar-refractivity contribution in [2.45, 2.75) is 37.7 Å². The summed E-state index contributed by atoms with van der Waals surface area (Å²) in [4.78, 5) is 0. The summed E-state index contributed by atoms with van der Waals surface area (Å²) >= 11 is 0. The van der Waals surface area contributed by atoms with Crippen LogP contribution in [-0.2, 0) is 9.47 Å². The van der Waals surface area contributed by atoms with Crippen molar-refractivity contribution in [2.24, 2.45) is 0 Å². The van der Waals surface area contributed by atoms with Gasteiger partial charge in [0.1, 0.15) is 0 Å². The molecule has 2 rings (SSSR count). The van der Waals surface area contributed by atoms with E-state index in [-0.39, 0.29) is 0 Å². The van der Waals surface area contributed by atoms with Crippen LogP contribution in [-0.4, -0.2) is 32.0 Å². The minimum atomic E-state index is -0.428. The standard InChI is InChI=1S/C16H24O3/c1-18-10-11-19-9-8-16(17)15-7-3-6-14(12-15)13-4-2-5-13/h3,6-7,12-13,16-17H,2,4-5,8-11H2,1H3. The minimum absolute atomic E-state index is 0.428. The molecule has 1 fully saturated rings. The number of methoxy groups -OCH3 is 1. The molecule has 1 aliphatic carbocycles. The van der Waals surface area contributed by atoms with Gasteiger partial charge in [-0.2, -0.15) is 0 Å². The largest absolute Gasteiger partial charge is 0.388 e. The van der Waals surface area contributed by atoms with Gasteiger partial charge in [0.15, 0.2) is 0 Å². The molecule has 3 nitrogen and oxygen atoms in total. The van der Waals surface area contributed by atoms with E-state index in [1.807, 2.05) is 6.07 Å². The van der Waals surface area contributed by atoms with E-state index in [0.29, 0.717) is 32.2 Å². The summed E-state index contributed by atoms with van der Waals surface area (Å²) in [5, 5.41) is 10.2. The maximum Gasteiger partial charge on any atom is 0.0812 e. The monoisotopic (exact) mass is 264 g/mol. The zero-order valence-electron chi connectivity index (χ0n) is 11.7. The Hall–Kier alpha value is -0.900. The molecule has 0 bridgehead atoms. The first-order valence-corrected chi connectivity index (χ1v) is 7.16. The highest BCUT2D eigenvalue weighted by molar-refractivity contribution is 5.28. The van der Waals surface area contributed by atoms with Gasteiger partial charge in [0.2, 0.25) is 0 Å². The Kier molecular flexibility index (Phi) is 5.83. The van der Waals surface area contributed by atoms with Gasteiger partial charge in [0, 0.05) is 20.1 Å². The lowest BCUT2D eigenvalue weighted by molar-refractivity contribution is 0.0475. The average Bonchev–Trinajstić information content (AvgIpc) is 2.36. The van der Waals surface area contributed by atoms with Gasteiger partial charge < -0.3 is 14.6 Å². The molecule has 1 N–H and O–H groups in total. The van der Waals surface area contributed by atoms with E-state index in [2.05, 4.69) is 18.2 Å². The molecular formula is C16H24O3. The number of hydrogen-bond acceptors (Lipinski definition) is 3. The molecular weight excluding hydrogens is 240 g/mol. The van der Waals surface area contributed by atoms with Crippen molar-refractivity contribution in [3.63, 3.8) is 0 Å².